The standard InChI is InChI=1S/C25H24FN5O2/c26-22-9-11-30(25(32)33-17-18-6-2-1-3-7-18)16-19(22)12-20-13-27-15-23(29-20)21-14-28-31-10-5-4-8-24(21)31/h1-8,10,13-15,19,22H,9,11-12,16-17H2/t19?,22-/m1/s1. The monoisotopic (exact) mass is 445 g/mol. The van der Waals surface area contributed by atoms with Crippen LogP contribution < -0.4 is 0 Å². The third-order valence-electron chi connectivity index (χ3n) is 5.96. The number of likely N-dealkylation sites (tertiary alicyclic amines) is 1. The molecule has 1 aliphatic rings. The van der Waals surface area contributed by atoms with E-state index in [4.69, 9.17) is 9.72 Å². The first-order chi connectivity index (χ1) is 16.2. The highest BCUT2D eigenvalue weighted by Gasteiger charge is 2.32. The van der Waals surface area contributed by atoms with Gasteiger partial charge in [0.05, 0.1) is 29.3 Å². The molecule has 0 spiro atoms. The Morgan fingerprint density at radius 3 is 2.82 bits per heavy atom. The number of ether oxygens (including phenoxy) is 1. The predicted molar refractivity (Wildman–Crippen MR) is 121 cm³/mol. The molecule has 1 amide bonds. The smallest absolute Gasteiger partial charge is 0.410 e. The van der Waals surface area contributed by atoms with E-state index < -0.39 is 12.3 Å². The van der Waals surface area contributed by atoms with Crippen molar-refractivity contribution in [2.45, 2.75) is 25.6 Å². The number of alkyl halides is 1. The fourth-order valence-corrected chi connectivity index (χ4v) is 4.21. The van der Waals surface area contributed by atoms with Crippen LogP contribution in [0, 0.1) is 5.92 Å². The van der Waals surface area contributed by atoms with Crippen molar-refractivity contribution in [2.24, 2.45) is 5.92 Å². The molecule has 0 bridgehead atoms. The topological polar surface area (TPSA) is 72.6 Å². The third-order valence-corrected chi connectivity index (χ3v) is 5.96. The van der Waals surface area contributed by atoms with Crippen LogP contribution in [0.3, 0.4) is 0 Å². The van der Waals surface area contributed by atoms with Crippen LogP contribution in [0.15, 0.2) is 73.3 Å². The normalized spacial score (nSPS) is 18.4. The first-order valence-electron chi connectivity index (χ1n) is 11.0. The van der Waals surface area contributed by atoms with E-state index in [2.05, 4.69) is 10.1 Å². The predicted octanol–water partition coefficient (Wildman–Crippen LogP) is 4.33. The highest BCUT2D eigenvalue weighted by Crippen LogP contribution is 2.26. The number of hydrogen-bond donors (Lipinski definition) is 0. The number of carbonyl (C=O) groups excluding carboxylic acids is 1. The number of hydrogen-bond acceptors (Lipinski definition) is 5. The summed E-state index contributed by atoms with van der Waals surface area (Å²) < 4.78 is 22.0. The third kappa shape index (κ3) is 4.69. The van der Waals surface area contributed by atoms with E-state index in [1.165, 1.54) is 0 Å². The first kappa shape index (κ1) is 21.1. The van der Waals surface area contributed by atoms with Crippen LogP contribution in [-0.4, -0.2) is 49.8 Å². The summed E-state index contributed by atoms with van der Waals surface area (Å²) in [4.78, 5) is 23.2. The van der Waals surface area contributed by atoms with Gasteiger partial charge in [0.25, 0.3) is 0 Å². The fraction of sp³-hybridized carbons (Fsp3) is 0.280. The van der Waals surface area contributed by atoms with Crippen LogP contribution in [0.25, 0.3) is 16.8 Å². The first-order valence-corrected chi connectivity index (χ1v) is 11.0. The molecule has 0 saturated carbocycles. The van der Waals surface area contributed by atoms with Gasteiger partial charge in [-0.15, -0.1) is 0 Å². The van der Waals surface area contributed by atoms with Crippen LogP contribution in [-0.2, 0) is 17.8 Å². The van der Waals surface area contributed by atoms with Crippen molar-refractivity contribution in [1.82, 2.24) is 24.5 Å². The summed E-state index contributed by atoms with van der Waals surface area (Å²) in [5.41, 5.74) is 4.10. The second kappa shape index (κ2) is 9.36. The van der Waals surface area contributed by atoms with E-state index in [1.54, 1.807) is 28.0 Å². The molecule has 1 unspecified atom stereocenters. The molecular weight excluding hydrogens is 421 g/mol. The van der Waals surface area contributed by atoms with E-state index >= 15 is 0 Å². The molecular formula is C25H24FN5O2. The van der Waals surface area contributed by atoms with Crippen molar-refractivity contribution < 1.29 is 13.9 Å². The average Bonchev–Trinajstić information content (AvgIpc) is 3.29. The Bertz CT molecular complexity index is 1250. The van der Waals surface area contributed by atoms with Gasteiger partial charge in [-0.25, -0.2) is 18.7 Å². The lowest BCUT2D eigenvalue weighted by Crippen LogP contribution is -2.45. The number of amides is 1. The molecule has 0 N–H and O–H groups in total. The van der Waals surface area contributed by atoms with Crippen molar-refractivity contribution in [2.75, 3.05) is 13.1 Å². The maximum absolute atomic E-state index is 14.8. The number of nitrogens with zero attached hydrogens (tertiary/aromatic N) is 5. The summed E-state index contributed by atoms with van der Waals surface area (Å²) >= 11 is 0. The summed E-state index contributed by atoms with van der Waals surface area (Å²) in [6.45, 7) is 0.837. The van der Waals surface area contributed by atoms with E-state index in [0.717, 1.165) is 16.6 Å². The molecule has 33 heavy (non-hydrogen) atoms. The molecule has 4 aromatic rings. The van der Waals surface area contributed by atoms with Crippen LogP contribution in [0.2, 0.25) is 0 Å². The van der Waals surface area contributed by atoms with Crippen LogP contribution in [0.1, 0.15) is 17.7 Å². The minimum atomic E-state index is -1.01. The van der Waals surface area contributed by atoms with Crippen LogP contribution in [0.5, 0.6) is 0 Å². The summed E-state index contributed by atoms with van der Waals surface area (Å²) in [6, 6.07) is 15.3. The maximum Gasteiger partial charge on any atom is 0.410 e. The number of carbonyl (C=O) groups is 1. The fourth-order valence-electron chi connectivity index (χ4n) is 4.21. The Morgan fingerprint density at radius 2 is 1.94 bits per heavy atom. The van der Waals surface area contributed by atoms with E-state index in [1.807, 2.05) is 54.7 Å². The number of rotatable bonds is 5. The molecule has 7 nitrogen and oxygen atoms in total. The summed E-state index contributed by atoms with van der Waals surface area (Å²) in [5.74, 6) is -0.364. The lowest BCUT2D eigenvalue weighted by Gasteiger charge is -2.34. The summed E-state index contributed by atoms with van der Waals surface area (Å²) in [6.07, 6.45) is 6.23. The Kier molecular flexibility index (Phi) is 5.97. The average molecular weight is 445 g/mol. The molecule has 8 heteroatoms. The van der Waals surface area contributed by atoms with E-state index in [-0.39, 0.29) is 25.5 Å². The zero-order valence-corrected chi connectivity index (χ0v) is 18.0. The highest BCUT2D eigenvalue weighted by atomic mass is 19.1. The van der Waals surface area contributed by atoms with Gasteiger partial charge in [-0.2, -0.15) is 5.10 Å². The molecule has 1 aliphatic heterocycles. The largest absolute Gasteiger partial charge is 0.445 e. The molecule has 168 valence electrons. The van der Waals surface area contributed by atoms with Gasteiger partial charge in [0.1, 0.15) is 12.8 Å². The van der Waals surface area contributed by atoms with Gasteiger partial charge in [-0.1, -0.05) is 36.4 Å². The minimum absolute atomic E-state index is 0.201. The van der Waals surface area contributed by atoms with Gasteiger partial charge in [0.2, 0.25) is 0 Å². The van der Waals surface area contributed by atoms with Gasteiger partial charge in [-0.3, -0.25) is 4.98 Å². The lowest BCUT2D eigenvalue weighted by atomic mass is 9.92. The Morgan fingerprint density at radius 1 is 1.09 bits per heavy atom. The molecule has 4 heterocycles. The Balaban J connectivity index is 1.26. The van der Waals surface area contributed by atoms with E-state index in [0.29, 0.717) is 24.4 Å². The molecule has 1 saturated heterocycles. The number of pyridine rings is 1. The Hall–Kier alpha value is -3.81. The number of aromatic nitrogens is 4. The van der Waals surface area contributed by atoms with Gasteiger partial charge in [0, 0.05) is 37.0 Å². The second-order valence-electron chi connectivity index (χ2n) is 8.24. The number of halogens is 1. The van der Waals surface area contributed by atoms with Gasteiger partial charge in [-0.05, 0) is 30.5 Å². The van der Waals surface area contributed by atoms with Gasteiger partial charge in [0.15, 0.2) is 0 Å². The number of fused-ring (bicyclic) bond motifs is 1. The SMILES string of the molecule is O=C(OCc1ccccc1)N1CC[C@@H](F)C(Cc2cncc(-c3cnn4ccccc34)n2)C1. The molecule has 2 atom stereocenters. The molecule has 0 aliphatic carbocycles. The highest BCUT2D eigenvalue weighted by molar-refractivity contribution is 5.77. The van der Waals surface area contributed by atoms with Crippen molar-refractivity contribution in [1.29, 1.82) is 0 Å². The maximum atomic E-state index is 14.8. The number of piperidine rings is 1. The van der Waals surface area contributed by atoms with Crippen molar-refractivity contribution in [3.8, 4) is 11.3 Å². The minimum Gasteiger partial charge on any atom is -0.445 e. The molecule has 3 aromatic heterocycles. The lowest BCUT2D eigenvalue weighted by molar-refractivity contribution is 0.0536. The summed E-state index contributed by atoms with van der Waals surface area (Å²) in [7, 11) is 0. The molecule has 0 radical (unpaired) electrons. The van der Waals surface area contributed by atoms with Crippen molar-refractivity contribution in [3.63, 3.8) is 0 Å². The zero-order chi connectivity index (χ0) is 22.6. The number of benzene rings is 1. The zero-order valence-electron chi connectivity index (χ0n) is 18.0. The van der Waals surface area contributed by atoms with Crippen molar-refractivity contribution >= 4 is 11.6 Å². The molecule has 1 fully saturated rings. The van der Waals surface area contributed by atoms with Gasteiger partial charge < -0.3 is 9.64 Å². The van der Waals surface area contributed by atoms with Gasteiger partial charge >= 0.3 is 6.09 Å². The second-order valence-corrected chi connectivity index (χ2v) is 8.24. The molecule has 5 rings (SSSR count). The quantitative estimate of drug-likeness (QED) is 0.457. The van der Waals surface area contributed by atoms with Crippen molar-refractivity contribution in [3.05, 3.63) is 84.6 Å². The Labute approximate surface area is 190 Å². The van der Waals surface area contributed by atoms with Crippen LogP contribution in [0.4, 0.5) is 9.18 Å². The van der Waals surface area contributed by atoms with Crippen LogP contribution >= 0.6 is 0 Å². The van der Waals surface area contributed by atoms with E-state index in [9.17, 15) is 9.18 Å². The molecule has 1 aromatic carbocycles. The summed E-state index contributed by atoms with van der Waals surface area (Å²) in [5, 5.41) is 4.35.